The molecule has 0 amide bonds. The van der Waals surface area contributed by atoms with Crippen molar-refractivity contribution in [3.8, 4) is 0 Å². The molecule has 0 aliphatic heterocycles. The van der Waals surface area contributed by atoms with Crippen molar-refractivity contribution in [1.29, 1.82) is 0 Å². The van der Waals surface area contributed by atoms with Crippen molar-refractivity contribution in [3.63, 3.8) is 0 Å². The Balaban J connectivity index is 2.72. The Morgan fingerprint density at radius 2 is 1.87 bits per heavy atom. The van der Waals surface area contributed by atoms with Crippen LogP contribution in [0.3, 0.4) is 0 Å². The lowest BCUT2D eigenvalue weighted by molar-refractivity contribution is -0.695. The molecule has 0 aliphatic carbocycles. The van der Waals surface area contributed by atoms with E-state index < -0.39 is 5.60 Å². The number of nitrogens with two attached hydrogens (primary N) is 1. The van der Waals surface area contributed by atoms with Gasteiger partial charge >= 0.3 is 0 Å². The fourth-order valence-corrected chi connectivity index (χ4v) is 1.66. The minimum atomic E-state index is -0.759. The summed E-state index contributed by atoms with van der Waals surface area (Å²) in [5, 5.41) is 12.4. The van der Waals surface area contributed by atoms with E-state index in [1.807, 2.05) is 31.2 Å². The second kappa shape index (κ2) is 5.10. The summed E-state index contributed by atoms with van der Waals surface area (Å²) < 4.78 is 1.04. The van der Waals surface area contributed by atoms with Gasteiger partial charge in [0.2, 0.25) is 0 Å². The molecule has 0 heterocycles. The van der Waals surface area contributed by atoms with E-state index in [1.165, 1.54) is 0 Å². The van der Waals surface area contributed by atoms with Gasteiger partial charge in [0.1, 0.15) is 12.1 Å². The highest BCUT2D eigenvalue weighted by atomic mass is 79.9. The second-order valence-corrected chi connectivity index (χ2v) is 5.38. The molecule has 1 rings (SSSR count). The van der Waals surface area contributed by atoms with Gasteiger partial charge in [-0.05, 0) is 38.5 Å². The monoisotopic (exact) mass is 272 g/mol. The Hall–Kier alpha value is -0.380. The summed E-state index contributed by atoms with van der Waals surface area (Å²) in [5.74, 6) is 0. The van der Waals surface area contributed by atoms with Crippen LogP contribution in [-0.4, -0.2) is 17.7 Å². The topological polar surface area (TPSA) is 36.8 Å². The predicted molar refractivity (Wildman–Crippen MR) is 65.6 cm³/mol. The molecule has 0 aliphatic rings. The van der Waals surface area contributed by atoms with Gasteiger partial charge in [-0.1, -0.05) is 28.1 Å². The van der Waals surface area contributed by atoms with Gasteiger partial charge in [-0.15, -0.1) is 0 Å². The predicted octanol–water partition coefficient (Wildman–Crippen LogP) is 1.63. The average molecular weight is 273 g/mol. The van der Waals surface area contributed by atoms with Gasteiger partial charge in [0.05, 0.1) is 6.04 Å². The van der Waals surface area contributed by atoms with Gasteiger partial charge < -0.3 is 10.4 Å². The average Bonchev–Trinajstić information content (AvgIpc) is 2.16. The van der Waals surface area contributed by atoms with Gasteiger partial charge in [-0.3, -0.25) is 0 Å². The maximum absolute atomic E-state index is 10.3. The van der Waals surface area contributed by atoms with Gasteiger partial charge in [0, 0.05) is 4.47 Å². The van der Waals surface area contributed by atoms with Crippen molar-refractivity contribution in [2.45, 2.75) is 32.4 Å². The van der Waals surface area contributed by atoms with Gasteiger partial charge in [-0.25, -0.2) is 0 Å². The smallest absolute Gasteiger partial charge is 0.135 e. The molecule has 84 valence electrons. The van der Waals surface area contributed by atoms with Crippen LogP contribution in [0.4, 0.5) is 0 Å². The van der Waals surface area contributed by atoms with E-state index in [0.29, 0.717) is 12.6 Å². The summed E-state index contributed by atoms with van der Waals surface area (Å²) in [5.41, 5.74) is 0.202. The molecule has 3 N–H and O–H groups in total. The lowest BCUT2D eigenvalue weighted by Crippen LogP contribution is -2.91. The molecule has 1 aromatic rings. The molecule has 1 aromatic carbocycles. The van der Waals surface area contributed by atoms with E-state index in [4.69, 9.17) is 0 Å². The third-order valence-corrected chi connectivity index (χ3v) is 2.98. The SMILES string of the molecule is CC(C)[NH2+]CC(C)(O)c1ccc(Br)cc1. The van der Waals surface area contributed by atoms with E-state index in [9.17, 15) is 5.11 Å². The molecule has 0 fully saturated rings. The Bertz CT molecular complexity index is 306. The summed E-state index contributed by atoms with van der Waals surface area (Å²) >= 11 is 3.38. The first-order chi connectivity index (χ1) is 6.92. The summed E-state index contributed by atoms with van der Waals surface area (Å²) in [6, 6.07) is 8.33. The summed E-state index contributed by atoms with van der Waals surface area (Å²) in [6.07, 6.45) is 0. The van der Waals surface area contributed by atoms with Crippen LogP contribution in [0.15, 0.2) is 28.7 Å². The number of rotatable bonds is 4. The molecule has 2 nitrogen and oxygen atoms in total. The zero-order chi connectivity index (χ0) is 11.5. The minimum Gasteiger partial charge on any atom is -0.380 e. The van der Waals surface area contributed by atoms with Crippen LogP contribution in [0.25, 0.3) is 0 Å². The third-order valence-electron chi connectivity index (χ3n) is 2.45. The summed E-state index contributed by atoms with van der Waals surface area (Å²) in [4.78, 5) is 0. The zero-order valence-electron chi connectivity index (χ0n) is 9.50. The first kappa shape index (κ1) is 12.7. The molecule has 0 aromatic heterocycles. The van der Waals surface area contributed by atoms with E-state index in [0.717, 1.165) is 10.0 Å². The van der Waals surface area contributed by atoms with E-state index in [2.05, 4.69) is 35.1 Å². The standard InChI is InChI=1S/C12H18BrNO/c1-9(2)14-8-12(3,15)10-4-6-11(13)7-5-10/h4-7,9,14-15H,8H2,1-3H3/p+1. The van der Waals surface area contributed by atoms with Crippen molar-refractivity contribution in [3.05, 3.63) is 34.3 Å². The van der Waals surface area contributed by atoms with Crippen molar-refractivity contribution in [2.75, 3.05) is 6.54 Å². The zero-order valence-corrected chi connectivity index (χ0v) is 11.1. The number of aliphatic hydroxyl groups is 1. The first-order valence-corrected chi connectivity index (χ1v) is 6.03. The number of hydrogen-bond acceptors (Lipinski definition) is 1. The quantitative estimate of drug-likeness (QED) is 0.859. The fraction of sp³-hybridized carbons (Fsp3) is 0.500. The molecule has 15 heavy (non-hydrogen) atoms. The van der Waals surface area contributed by atoms with Gasteiger partial charge in [0.25, 0.3) is 0 Å². The van der Waals surface area contributed by atoms with Crippen molar-refractivity contribution < 1.29 is 10.4 Å². The number of benzene rings is 1. The van der Waals surface area contributed by atoms with Crippen LogP contribution in [0.5, 0.6) is 0 Å². The van der Waals surface area contributed by atoms with Crippen molar-refractivity contribution in [1.82, 2.24) is 0 Å². The van der Waals surface area contributed by atoms with E-state index >= 15 is 0 Å². The summed E-state index contributed by atoms with van der Waals surface area (Å²) in [7, 11) is 0. The van der Waals surface area contributed by atoms with Crippen LogP contribution in [0.2, 0.25) is 0 Å². The molecule has 3 heteroatoms. The van der Waals surface area contributed by atoms with Gasteiger partial charge in [0.15, 0.2) is 0 Å². The molecule has 0 saturated carbocycles. The number of hydrogen-bond donors (Lipinski definition) is 2. The molecular formula is C12H19BrNO+. The summed E-state index contributed by atoms with van der Waals surface area (Å²) in [6.45, 7) is 6.79. The van der Waals surface area contributed by atoms with E-state index in [-0.39, 0.29) is 0 Å². The molecule has 0 spiro atoms. The van der Waals surface area contributed by atoms with Crippen LogP contribution in [0.1, 0.15) is 26.3 Å². The lowest BCUT2D eigenvalue weighted by Gasteiger charge is -2.23. The van der Waals surface area contributed by atoms with Crippen molar-refractivity contribution in [2.24, 2.45) is 0 Å². The minimum absolute atomic E-state index is 0.506. The Morgan fingerprint density at radius 1 is 1.33 bits per heavy atom. The van der Waals surface area contributed by atoms with Crippen LogP contribution >= 0.6 is 15.9 Å². The van der Waals surface area contributed by atoms with E-state index in [1.54, 1.807) is 0 Å². The fourth-order valence-electron chi connectivity index (χ4n) is 1.39. The normalized spacial score (nSPS) is 15.3. The molecule has 0 saturated heterocycles. The second-order valence-electron chi connectivity index (χ2n) is 4.46. The molecular weight excluding hydrogens is 254 g/mol. The number of halogens is 1. The number of quaternary nitrogens is 1. The van der Waals surface area contributed by atoms with Crippen LogP contribution < -0.4 is 5.32 Å². The largest absolute Gasteiger partial charge is 0.380 e. The molecule has 1 unspecified atom stereocenters. The highest BCUT2D eigenvalue weighted by molar-refractivity contribution is 9.10. The lowest BCUT2D eigenvalue weighted by atomic mass is 9.96. The third kappa shape index (κ3) is 3.93. The molecule has 0 bridgehead atoms. The van der Waals surface area contributed by atoms with Crippen LogP contribution in [-0.2, 0) is 5.60 Å². The highest BCUT2D eigenvalue weighted by Crippen LogP contribution is 2.20. The highest BCUT2D eigenvalue weighted by Gasteiger charge is 2.25. The van der Waals surface area contributed by atoms with Gasteiger partial charge in [-0.2, -0.15) is 0 Å². The van der Waals surface area contributed by atoms with Crippen LogP contribution in [0, 0.1) is 0 Å². The Labute approximate surface area is 99.8 Å². The Morgan fingerprint density at radius 3 is 2.33 bits per heavy atom. The maximum Gasteiger partial charge on any atom is 0.135 e. The molecule has 1 atom stereocenters. The maximum atomic E-state index is 10.3. The Kier molecular flexibility index (Phi) is 4.32. The molecule has 0 radical (unpaired) electrons. The van der Waals surface area contributed by atoms with Crippen molar-refractivity contribution >= 4 is 15.9 Å². The first-order valence-electron chi connectivity index (χ1n) is 5.23.